The molecule has 2 rings (SSSR count). The largest absolute Gasteiger partial charge is 0.480 e. The van der Waals surface area contributed by atoms with Crippen molar-refractivity contribution in [1.82, 2.24) is 0 Å². The van der Waals surface area contributed by atoms with Gasteiger partial charge in [-0.1, -0.05) is 29.8 Å². The number of hydrogen-bond donors (Lipinski definition) is 2. The number of rotatable bonds is 5. The molecule has 0 aromatic heterocycles. The van der Waals surface area contributed by atoms with Gasteiger partial charge in [-0.15, -0.1) is 0 Å². The lowest BCUT2D eigenvalue weighted by atomic mass is 10.3. The summed E-state index contributed by atoms with van der Waals surface area (Å²) in [6.45, 7) is -0.188. The zero-order chi connectivity index (χ0) is 13.7. The predicted octanol–water partition coefficient (Wildman–Crippen LogP) is 3.63. The summed E-state index contributed by atoms with van der Waals surface area (Å²) in [5.41, 5.74) is 0.579. The Hall–Kier alpha value is -2.20. The molecule has 19 heavy (non-hydrogen) atoms. The van der Waals surface area contributed by atoms with E-state index >= 15 is 0 Å². The lowest BCUT2D eigenvalue weighted by Crippen LogP contribution is -2.12. The molecule has 0 bridgehead atoms. The molecule has 0 heterocycles. The molecule has 0 saturated heterocycles. The normalized spacial score (nSPS) is 9.95. The second-order valence-corrected chi connectivity index (χ2v) is 4.24. The van der Waals surface area contributed by atoms with Gasteiger partial charge in [-0.05, 0) is 24.3 Å². The van der Waals surface area contributed by atoms with Crippen molar-refractivity contribution in [1.29, 1.82) is 0 Å². The Morgan fingerprint density at radius 1 is 1.21 bits per heavy atom. The molecule has 0 radical (unpaired) electrons. The fourth-order valence-electron chi connectivity index (χ4n) is 1.51. The molecule has 0 aliphatic carbocycles. The molecule has 2 N–H and O–H groups in total. The summed E-state index contributed by atoms with van der Waals surface area (Å²) in [7, 11) is 0. The van der Waals surface area contributed by atoms with Gasteiger partial charge in [0.15, 0.2) is 5.75 Å². The number of ether oxygens (including phenoxy) is 1. The van der Waals surface area contributed by atoms with Crippen molar-refractivity contribution in [2.45, 2.75) is 0 Å². The maximum atomic E-state index is 10.6. The summed E-state index contributed by atoms with van der Waals surface area (Å²) in [5.74, 6) is 0.198. The molecule has 4 nitrogen and oxygen atoms in total. The minimum absolute atomic E-state index is 0.188. The molecule has 0 aliphatic heterocycles. The number of benzene rings is 2. The molecule has 0 spiro atoms. The van der Waals surface area contributed by atoms with Gasteiger partial charge in [-0.2, -0.15) is 0 Å². The molecule has 98 valence electrons. The maximum absolute atomic E-state index is 10.6. The Morgan fingerprint density at radius 2 is 1.95 bits per heavy atom. The van der Waals surface area contributed by atoms with E-state index in [0.717, 1.165) is 0 Å². The van der Waals surface area contributed by atoms with E-state index in [0.29, 0.717) is 22.2 Å². The summed E-state index contributed by atoms with van der Waals surface area (Å²) in [5, 5.41) is 12.0. The highest BCUT2D eigenvalue weighted by Crippen LogP contribution is 2.32. The topological polar surface area (TPSA) is 58.6 Å². The van der Waals surface area contributed by atoms with Crippen molar-refractivity contribution >= 4 is 23.3 Å². The first-order valence-electron chi connectivity index (χ1n) is 5.63. The average molecular weight is 278 g/mol. The van der Waals surface area contributed by atoms with Gasteiger partial charge in [-0.3, -0.25) is 4.79 Å². The van der Waals surface area contributed by atoms with E-state index in [9.17, 15) is 4.79 Å². The smallest absolute Gasteiger partial charge is 0.322 e. The second-order valence-electron chi connectivity index (χ2n) is 3.80. The van der Waals surface area contributed by atoms with Gasteiger partial charge in [0.25, 0.3) is 0 Å². The number of carboxylic acid groups (broad SMARTS) is 1. The second kappa shape index (κ2) is 6.11. The molecule has 0 amide bonds. The molecular formula is C14H12ClNO3. The van der Waals surface area contributed by atoms with E-state index in [1.54, 1.807) is 18.2 Å². The van der Waals surface area contributed by atoms with E-state index in [2.05, 4.69) is 5.32 Å². The van der Waals surface area contributed by atoms with Crippen LogP contribution in [0.15, 0.2) is 48.5 Å². The molecule has 0 unspecified atom stereocenters. The highest BCUT2D eigenvalue weighted by atomic mass is 35.5. The van der Waals surface area contributed by atoms with Crippen molar-refractivity contribution < 1.29 is 14.6 Å². The predicted molar refractivity (Wildman–Crippen MR) is 74.1 cm³/mol. The van der Waals surface area contributed by atoms with Crippen LogP contribution in [0.4, 0.5) is 5.69 Å². The van der Waals surface area contributed by atoms with Gasteiger partial charge in [0.05, 0.1) is 5.69 Å². The van der Waals surface area contributed by atoms with E-state index in [4.69, 9.17) is 21.4 Å². The van der Waals surface area contributed by atoms with Gasteiger partial charge in [0, 0.05) is 11.1 Å². The van der Waals surface area contributed by atoms with Crippen LogP contribution < -0.4 is 10.1 Å². The van der Waals surface area contributed by atoms with E-state index in [1.165, 1.54) is 0 Å². The Morgan fingerprint density at radius 3 is 2.63 bits per heavy atom. The lowest BCUT2D eigenvalue weighted by molar-refractivity contribution is -0.134. The Bertz CT molecular complexity index is 572. The summed E-state index contributed by atoms with van der Waals surface area (Å²) >= 11 is 5.92. The van der Waals surface area contributed by atoms with E-state index in [1.807, 2.05) is 30.3 Å². The minimum atomic E-state index is -0.944. The summed E-state index contributed by atoms with van der Waals surface area (Å²) in [4.78, 5) is 10.6. The van der Waals surface area contributed by atoms with E-state index in [-0.39, 0.29) is 6.54 Å². The summed E-state index contributed by atoms with van der Waals surface area (Å²) < 4.78 is 5.68. The molecule has 0 atom stereocenters. The van der Waals surface area contributed by atoms with Crippen LogP contribution in [-0.4, -0.2) is 17.6 Å². The fourth-order valence-corrected chi connectivity index (χ4v) is 1.68. The van der Waals surface area contributed by atoms with Crippen LogP contribution in [0.3, 0.4) is 0 Å². The third-order valence-electron chi connectivity index (χ3n) is 2.34. The number of anilines is 1. The van der Waals surface area contributed by atoms with Crippen molar-refractivity contribution in [3.05, 3.63) is 53.6 Å². The highest BCUT2D eigenvalue weighted by molar-refractivity contribution is 6.30. The SMILES string of the molecule is O=C(O)CNc1ccc(Cl)cc1Oc1ccccc1. The third-order valence-corrected chi connectivity index (χ3v) is 2.58. The van der Waals surface area contributed by atoms with Crippen molar-refractivity contribution in [2.75, 3.05) is 11.9 Å². The number of carbonyl (C=O) groups is 1. The highest BCUT2D eigenvalue weighted by Gasteiger charge is 2.07. The molecule has 2 aromatic rings. The van der Waals surface area contributed by atoms with Crippen LogP contribution >= 0.6 is 11.6 Å². The first-order chi connectivity index (χ1) is 9.15. The Kier molecular flexibility index (Phi) is 4.26. The number of halogens is 1. The van der Waals surface area contributed by atoms with Crippen LogP contribution in [0.25, 0.3) is 0 Å². The summed E-state index contributed by atoms with van der Waals surface area (Å²) in [6.07, 6.45) is 0. The van der Waals surface area contributed by atoms with Gasteiger partial charge in [0.1, 0.15) is 12.3 Å². The van der Waals surface area contributed by atoms with Gasteiger partial charge in [-0.25, -0.2) is 0 Å². The monoisotopic (exact) mass is 277 g/mol. The van der Waals surface area contributed by atoms with Crippen LogP contribution in [0.2, 0.25) is 5.02 Å². The Labute approximate surface area is 115 Å². The molecule has 0 aliphatic rings. The number of para-hydroxylation sites is 1. The van der Waals surface area contributed by atoms with Crippen LogP contribution in [0.1, 0.15) is 0 Å². The fraction of sp³-hybridized carbons (Fsp3) is 0.0714. The van der Waals surface area contributed by atoms with Crippen LogP contribution in [0.5, 0.6) is 11.5 Å². The third kappa shape index (κ3) is 3.89. The van der Waals surface area contributed by atoms with Crippen LogP contribution in [-0.2, 0) is 4.79 Å². The van der Waals surface area contributed by atoms with Crippen molar-refractivity contribution in [2.24, 2.45) is 0 Å². The molecule has 0 saturated carbocycles. The van der Waals surface area contributed by atoms with Crippen molar-refractivity contribution in [3.8, 4) is 11.5 Å². The first kappa shape index (κ1) is 13.2. The molecule has 2 aromatic carbocycles. The van der Waals surface area contributed by atoms with Gasteiger partial charge < -0.3 is 15.2 Å². The van der Waals surface area contributed by atoms with E-state index < -0.39 is 5.97 Å². The lowest BCUT2D eigenvalue weighted by Gasteiger charge is -2.12. The average Bonchev–Trinajstić information content (AvgIpc) is 2.39. The van der Waals surface area contributed by atoms with Gasteiger partial charge >= 0.3 is 5.97 Å². The van der Waals surface area contributed by atoms with Gasteiger partial charge in [0.2, 0.25) is 0 Å². The molecule has 5 heteroatoms. The number of nitrogens with one attached hydrogen (secondary N) is 1. The summed E-state index contributed by atoms with van der Waals surface area (Å²) in [6, 6.07) is 14.2. The zero-order valence-electron chi connectivity index (χ0n) is 9.97. The molecular weight excluding hydrogens is 266 g/mol. The minimum Gasteiger partial charge on any atom is -0.480 e. The zero-order valence-corrected chi connectivity index (χ0v) is 10.7. The number of aliphatic carboxylic acids is 1. The number of hydrogen-bond acceptors (Lipinski definition) is 3. The number of carboxylic acids is 1. The molecule has 0 fully saturated rings. The first-order valence-corrected chi connectivity index (χ1v) is 6.01. The van der Waals surface area contributed by atoms with Crippen molar-refractivity contribution in [3.63, 3.8) is 0 Å². The Balaban J connectivity index is 2.22. The van der Waals surface area contributed by atoms with Crippen LogP contribution in [0, 0.1) is 0 Å². The quantitative estimate of drug-likeness (QED) is 0.876. The maximum Gasteiger partial charge on any atom is 0.322 e. The standard InChI is InChI=1S/C14H12ClNO3/c15-10-6-7-12(16-9-14(17)18)13(8-10)19-11-4-2-1-3-5-11/h1-8,16H,9H2,(H,17,18).